The number of para-hydroxylation sites is 2. The highest BCUT2D eigenvalue weighted by molar-refractivity contribution is 7.14. The fourth-order valence-electron chi connectivity index (χ4n) is 3.70. The van der Waals surface area contributed by atoms with E-state index in [0.717, 1.165) is 11.1 Å². The average Bonchev–Trinajstić information content (AvgIpc) is 3.36. The van der Waals surface area contributed by atoms with Crippen molar-refractivity contribution in [1.29, 1.82) is 0 Å². The zero-order valence-corrected chi connectivity index (χ0v) is 20.4. The molecule has 0 aliphatic carbocycles. The molecule has 0 N–H and O–H groups in total. The van der Waals surface area contributed by atoms with Crippen molar-refractivity contribution in [3.05, 3.63) is 74.2 Å². The Morgan fingerprint density at radius 1 is 1.24 bits per heavy atom. The Kier molecular flexibility index (Phi) is 6.85. The molecule has 0 saturated heterocycles. The van der Waals surface area contributed by atoms with Gasteiger partial charge >= 0.3 is 11.7 Å². The molecule has 2 aromatic carbocycles. The van der Waals surface area contributed by atoms with Crippen molar-refractivity contribution in [2.75, 3.05) is 4.90 Å². The minimum absolute atomic E-state index is 0.00182. The van der Waals surface area contributed by atoms with Crippen molar-refractivity contribution in [3.8, 4) is 0 Å². The van der Waals surface area contributed by atoms with Crippen molar-refractivity contribution >= 4 is 56.7 Å². The van der Waals surface area contributed by atoms with Crippen LogP contribution in [0, 0.1) is 13.8 Å². The van der Waals surface area contributed by atoms with E-state index in [1.165, 1.54) is 27.7 Å². The lowest BCUT2D eigenvalue weighted by Crippen LogP contribution is -2.24. The first-order chi connectivity index (χ1) is 16.2. The van der Waals surface area contributed by atoms with Crippen LogP contribution in [0.5, 0.6) is 0 Å². The number of hydrogen-bond donors (Lipinski definition) is 0. The van der Waals surface area contributed by atoms with Crippen LogP contribution in [-0.2, 0) is 27.5 Å². The molecule has 2 aromatic heterocycles. The van der Waals surface area contributed by atoms with Crippen LogP contribution < -0.4 is 10.7 Å². The van der Waals surface area contributed by atoms with Crippen LogP contribution in [0.1, 0.15) is 30.2 Å². The average molecular weight is 500 g/mol. The van der Waals surface area contributed by atoms with Gasteiger partial charge in [-0.1, -0.05) is 29.8 Å². The standard InChI is InChI=1S/C24H22ClN3O5S/c1-14-10-15(2)22(18(25)11-14)28(16(3)29)23-26-17(13-34-23)12-32-21(30)8-9-27-19-6-4-5-7-20(19)33-24(27)31/h4-7,10-11,13H,8-9,12H2,1-3H3. The lowest BCUT2D eigenvalue weighted by Gasteiger charge is -2.22. The molecule has 176 valence electrons. The predicted octanol–water partition coefficient (Wildman–Crippen LogP) is 5.14. The number of aryl methyl sites for hydroxylation is 3. The maximum absolute atomic E-state index is 12.4. The molecule has 0 unspecified atom stereocenters. The molecule has 0 aliphatic rings. The second-order valence-corrected chi connectivity index (χ2v) is 9.03. The lowest BCUT2D eigenvalue weighted by molar-refractivity contribution is -0.145. The van der Waals surface area contributed by atoms with Crippen LogP contribution in [0.15, 0.2) is 51.0 Å². The van der Waals surface area contributed by atoms with Crippen LogP contribution in [0.4, 0.5) is 10.8 Å². The lowest BCUT2D eigenvalue weighted by atomic mass is 10.1. The number of thiazole rings is 1. The zero-order chi connectivity index (χ0) is 24.4. The van der Waals surface area contributed by atoms with Gasteiger partial charge in [-0.3, -0.25) is 19.1 Å². The van der Waals surface area contributed by atoms with E-state index in [1.54, 1.807) is 35.7 Å². The van der Waals surface area contributed by atoms with Crippen LogP contribution in [0.3, 0.4) is 0 Å². The first-order valence-corrected chi connectivity index (χ1v) is 11.8. The van der Waals surface area contributed by atoms with E-state index in [1.807, 2.05) is 19.9 Å². The third kappa shape index (κ3) is 4.90. The van der Waals surface area contributed by atoms with Crippen LogP contribution in [-0.4, -0.2) is 21.4 Å². The number of halogens is 1. The molecule has 34 heavy (non-hydrogen) atoms. The number of carbonyl (C=O) groups is 2. The number of rotatable bonds is 7. The summed E-state index contributed by atoms with van der Waals surface area (Å²) in [6, 6.07) is 10.8. The van der Waals surface area contributed by atoms with E-state index >= 15 is 0 Å². The summed E-state index contributed by atoms with van der Waals surface area (Å²) >= 11 is 7.70. The number of oxazole rings is 1. The molecule has 2 heterocycles. The maximum atomic E-state index is 12.4. The first-order valence-electron chi connectivity index (χ1n) is 10.5. The van der Waals surface area contributed by atoms with E-state index in [4.69, 9.17) is 20.8 Å². The second-order valence-electron chi connectivity index (χ2n) is 7.79. The van der Waals surface area contributed by atoms with E-state index < -0.39 is 11.7 Å². The molecule has 0 saturated carbocycles. The van der Waals surface area contributed by atoms with Crippen LogP contribution in [0.25, 0.3) is 11.1 Å². The molecule has 10 heteroatoms. The number of esters is 1. The Balaban J connectivity index is 1.42. The first kappa shape index (κ1) is 23.7. The summed E-state index contributed by atoms with van der Waals surface area (Å²) in [6.07, 6.45) is -0.00182. The molecule has 1 amide bonds. The number of amides is 1. The molecule has 0 spiro atoms. The monoisotopic (exact) mass is 499 g/mol. The molecular weight excluding hydrogens is 478 g/mol. The van der Waals surface area contributed by atoms with E-state index in [2.05, 4.69) is 4.98 Å². The minimum atomic E-state index is -0.521. The molecule has 0 radical (unpaired) electrons. The third-order valence-electron chi connectivity index (χ3n) is 5.16. The highest BCUT2D eigenvalue weighted by Crippen LogP contribution is 2.37. The van der Waals surface area contributed by atoms with Crippen molar-refractivity contribution in [1.82, 2.24) is 9.55 Å². The SMILES string of the molecule is CC(=O)N(c1nc(COC(=O)CCn2c(=O)oc3ccccc32)cs1)c1c(C)cc(C)cc1Cl. The van der Waals surface area contributed by atoms with Gasteiger partial charge in [-0.25, -0.2) is 9.78 Å². The summed E-state index contributed by atoms with van der Waals surface area (Å²) in [4.78, 5) is 42.7. The van der Waals surface area contributed by atoms with Gasteiger partial charge in [0.2, 0.25) is 5.91 Å². The largest absolute Gasteiger partial charge is 0.459 e. The van der Waals surface area contributed by atoms with Crippen molar-refractivity contribution in [3.63, 3.8) is 0 Å². The number of benzene rings is 2. The maximum Gasteiger partial charge on any atom is 0.419 e. The van der Waals surface area contributed by atoms with Gasteiger partial charge in [-0.2, -0.15) is 0 Å². The van der Waals surface area contributed by atoms with Gasteiger partial charge in [0.25, 0.3) is 0 Å². The summed E-state index contributed by atoms with van der Waals surface area (Å²) < 4.78 is 11.9. The number of ether oxygens (including phenoxy) is 1. The summed E-state index contributed by atoms with van der Waals surface area (Å²) in [5.74, 6) is -1.23. The number of nitrogens with zero attached hydrogens (tertiary/aromatic N) is 3. The molecule has 0 atom stereocenters. The fourth-order valence-corrected chi connectivity index (χ4v) is 4.96. The van der Waals surface area contributed by atoms with Gasteiger partial charge in [0.05, 0.1) is 28.3 Å². The highest BCUT2D eigenvalue weighted by atomic mass is 35.5. The molecule has 4 rings (SSSR count). The Labute approximate surface area is 204 Å². The fraction of sp³-hybridized carbons (Fsp3) is 0.250. The quantitative estimate of drug-likeness (QED) is 0.327. The molecule has 0 aliphatic heterocycles. The summed E-state index contributed by atoms with van der Waals surface area (Å²) in [5, 5.41) is 2.62. The number of fused-ring (bicyclic) bond motifs is 1. The summed E-state index contributed by atoms with van der Waals surface area (Å²) in [6.45, 7) is 5.35. The van der Waals surface area contributed by atoms with Gasteiger partial charge < -0.3 is 9.15 Å². The third-order valence-corrected chi connectivity index (χ3v) is 6.32. The normalized spacial score (nSPS) is 11.1. The number of aromatic nitrogens is 2. The van der Waals surface area contributed by atoms with Gasteiger partial charge in [0.15, 0.2) is 10.7 Å². The second kappa shape index (κ2) is 9.82. The van der Waals surface area contributed by atoms with Crippen LogP contribution in [0.2, 0.25) is 5.02 Å². The predicted molar refractivity (Wildman–Crippen MR) is 131 cm³/mol. The van der Waals surface area contributed by atoms with Crippen molar-refractivity contribution in [2.24, 2.45) is 0 Å². The van der Waals surface area contributed by atoms with E-state index in [9.17, 15) is 14.4 Å². The summed E-state index contributed by atoms with van der Waals surface area (Å²) in [7, 11) is 0. The Hall–Kier alpha value is -3.43. The molecule has 8 nitrogen and oxygen atoms in total. The van der Waals surface area contributed by atoms with Crippen molar-refractivity contribution in [2.45, 2.75) is 40.3 Å². The van der Waals surface area contributed by atoms with Gasteiger partial charge in [-0.05, 0) is 43.2 Å². The molecular formula is C24H22ClN3O5S. The topological polar surface area (TPSA) is 94.6 Å². The zero-order valence-electron chi connectivity index (χ0n) is 18.8. The minimum Gasteiger partial charge on any atom is -0.459 e. The van der Waals surface area contributed by atoms with Gasteiger partial charge in [0.1, 0.15) is 6.61 Å². The molecule has 0 fully saturated rings. The van der Waals surface area contributed by atoms with E-state index in [-0.39, 0.29) is 25.5 Å². The molecule has 4 aromatic rings. The smallest absolute Gasteiger partial charge is 0.419 e. The summed E-state index contributed by atoms with van der Waals surface area (Å²) in [5.41, 5.74) is 4.02. The Morgan fingerprint density at radius 2 is 2.00 bits per heavy atom. The van der Waals surface area contributed by atoms with E-state index in [0.29, 0.717) is 32.6 Å². The molecule has 0 bridgehead atoms. The van der Waals surface area contributed by atoms with Crippen LogP contribution >= 0.6 is 22.9 Å². The Bertz CT molecular complexity index is 1410. The number of carbonyl (C=O) groups excluding carboxylic acids is 2. The van der Waals surface area contributed by atoms with Gasteiger partial charge in [-0.15, -0.1) is 11.3 Å². The highest BCUT2D eigenvalue weighted by Gasteiger charge is 2.23. The van der Waals surface area contributed by atoms with Crippen molar-refractivity contribution < 1.29 is 18.7 Å². The number of anilines is 2. The number of hydrogen-bond acceptors (Lipinski definition) is 7. The Morgan fingerprint density at radius 3 is 2.74 bits per heavy atom. The van der Waals surface area contributed by atoms with Gasteiger partial charge in [0, 0.05) is 18.8 Å².